The van der Waals surface area contributed by atoms with E-state index < -0.39 is 0 Å². The highest BCUT2D eigenvalue weighted by Gasteiger charge is 2.19. The Hall–Kier alpha value is -1.29. The monoisotopic (exact) mass is 264 g/mol. The Balaban J connectivity index is 1.62. The Morgan fingerprint density at radius 2 is 2.11 bits per heavy atom. The van der Waals surface area contributed by atoms with E-state index in [1.807, 2.05) is 19.1 Å². The van der Waals surface area contributed by atoms with Gasteiger partial charge in [0.1, 0.15) is 11.5 Å². The maximum Gasteiger partial charge on any atom is 0.220 e. The molecule has 0 bridgehead atoms. The van der Waals surface area contributed by atoms with Crippen LogP contribution in [-0.4, -0.2) is 18.0 Å². The number of carbonyl (C=O) groups excluding carboxylic acids is 1. The van der Waals surface area contributed by atoms with Gasteiger partial charge >= 0.3 is 0 Å². The average Bonchev–Trinajstić information content (AvgIpc) is 2.78. The molecule has 4 nitrogen and oxygen atoms in total. The molecule has 106 valence electrons. The number of nitrogens with two attached hydrogens (primary N) is 1. The molecule has 0 unspecified atom stereocenters. The number of hydrogen-bond acceptors (Lipinski definition) is 3. The van der Waals surface area contributed by atoms with Gasteiger partial charge in [-0.05, 0) is 51.2 Å². The molecule has 3 N–H and O–H groups in total. The molecular formula is C15H24N2O2. The Labute approximate surface area is 114 Å². The van der Waals surface area contributed by atoms with Gasteiger partial charge < -0.3 is 15.5 Å². The van der Waals surface area contributed by atoms with E-state index in [-0.39, 0.29) is 5.91 Å². The van der Waals surface area contributed by atoms with Gasteiger partial charge in [0.15, 0.2) is 0 Å². The third kappa shape index (κ3) is 4.71. The van der Waals surface area contributed by atoms with Gasteiger partial charge in [0, 0.05) is 24.9 Å². The van der Waals surface area contributed by atoms with E-state index in [1.165, 1.54) is 0 Å². The van der Waals surface area contributed by atoms with Gasteiger partial charge in [-0.1, -0.05) is 0 Å². The maximum absolute atomic E-state index is 11.8. The standard InChI is InChI=1S/C15H24N2O2/c1-11-5-10-14(19-11)3-2-4-15(18)17-13-8-6-12(16)7-9-13/h5,10,12-13H,2-4,6-9,16H2,1H3,(H,17,18). The van der Waals surface area contributed by atoms with Crippen LogP contribution >= 0.6 is 0 Å². The number of nitrogens with one attached hydrogen (secondary N) is 1. The van der Waals surface area contributed by atoms with Crippen LogP contribution in [0.5, 0.6) is 0 Å². The van der Waals surface area contributed by atoms with Gasteiger partial charge in [-0.15, -0.1) is 0 Å². The summed E-state index contributed by atoms with van der Waals surface area (Å²) in [6.07, 6.45) is 6.33. The normalized spacial score (nSPS) is 23.3. The number of furan rings is 1. The van der Waals surface area contributed by atoms with Gasteiger partial charge in [0.05, 0.1) is 0 Å². The second-order valence-corrected chi connectivity index (χ2v) is 5.55. The fraction of sp³-hybridized carbons (Fsp3) is 0.667. The van der Waals surface area contributed by atoms with Gasteiger partial charge in [-0.25, -0.2) is 0 Å². The molecule has 0 aromatic carbocycles. The highest BCUT2D eigenvalue weighted by atomic mass is 16.3. The third-order valence-electron chi connectivity index (χ3n) is 3.76. The van der Waals surface area contributed by atoms with Crippen molar-refractivity contribution in [3.05, 3.63) is 23.7 Å². The fourth-order valence-electron chi connectivity index (χ4n) is 2.61. The Morgan fingerprint density at radius 3 is 2.74 bits per heavy atom. The van der Waals surface area contributed by atoms with Crippen LogP contribution in [0, 0.1) is 6.92 Å². The lowest BCUT2D eigenvalue weighted by Gasteiger charge is -2.26. The molecule has 1 aliphatic rings. The van der Waals surface area contributed by atoms with Gasteiger partial charge in [-0.2, -0.15) is 0 Å². The van der Waals surface area contributed by atoms with Crippen LogP contribution in [0.2, 0.25) is 0 Å². The highest BCUT2D eigenvalue weighted by Crippen LogP contribution is 2.17. The summed E-state index contributed by atoms with van der Waals surface area (Å²) in [7, 11) is 0. The van der Waals surface area contributed by atoms with Crippen molar-refractivity contribution in [2.24, 2.45) is 5.73 Å². The highest BCUT2D eigenvalue weighted by molar-refractivity contribution is 5.76. The molecule has 4 heteroatoms. The minimum absolute atomic E-state index is 0.156. The molecule has 1 aromatic rings. The molecule has 0 aliphatic heterocycles. The molecule has 0 atom stereocenters. The first kappa shape index (κ1) is 14.1. The largest absolute Gasteiger partial charge is 0.466 e. The molecule has 0 saturated heterocycles. The van der Waals surface area contributed by atoms with Crippen LogP contribution < -0.4 is 11.1 Å². The van der Waals surface area contributed by atoms with Crippen LogP contribution in [0.15, 0.2) is 16.5 Å². The van der Waals surface area contributed by atoms with Crippen molar-refractivity contribution < 1.29 is 9.21 Å². The average molecular weight is 264 g/mol. The van der Waals surface area contributed by atoms with Crippen molar-refractivity contribution in [3.63, 3.8) is 0 Å². The lowest BCUT2D eigenvalue weighted by molar-refractivity contribution is -0.122. The molecule has 1 saturated carbocycles. The number of aryl methyl sites for hydroxylation is 2. The third-order valence-corrected chi connectivity index (χ3v) is 3.76. The summed E-state index contributed by atoms with van der Waals surface area (Å²) < 4.78 is 5.48. The lowest BCUT2D eigenvalue weighted by Crippen LogP contribution is -2.40. The Kier molecular flexibility index (Phi) is 5.02. The second-order valence-electron chi connectivity index (χ2n) is 5.55. The summed E-state index contributed by atoms with van der Waals surface area (Å²) in [6, 6.07) is 4.60. The predicted octanol–water partition coefficient (Wildman–Crippen LogP) is 2.30. The first-order chi connectivity index (χ1) is 9.13. The smallest absolute Gasteiger partial charge is 0.220 e. The quantitative estimate of drug-likeness (QED) is 0.857. The van der Waals surface area contributed by atoms with Crippen molar-refractivity contribution in [3.8, 4) is 0 Å². The van der Waals surface area contributed by atoms with E-state index in [9.17, 15) is 4.79 Å². The lowest BCUT2D eigenvalue weighted by atomic mass is 9.92. The number of hydrogen-bond donors (Lipinski definition) is 2. The summed E-state index contributed by atoms with van der Waals surface area (Å²) in [4.78, 5) is 11.8. The topological polar surface area (TPSA) is 68.3 Å². The summed E-state index contributed by atoms with van der Waals surface area (Å²) in [5.41, 5.74) is 5.85. The fourth-order valence-corrected chi connectivity index (χ4v) is 2.61. The van der Waals surface area contributed by atoms with Crippen LogP contribution in [0.25, 0.3) is 0 Å². The Morgan fingerprint density at radius 1 is 1.37 bits per heavy atom. The minimum atomic E-state index is 0.156. The van der Waals surface area contributed by atoms with Gasteiger partial charge in [0.25, 0.3) is 0 Å². The van der Waals surface area contributed by atoms with E-state index in [0.29, 0.717) is 18.5 Å². The predicted molar refractivity (Wildman–Crippen MR) is 74.8 cm³/mol. The van der Waals surface area contributed by atoms with E-state index in [1.54, 1.807) is 0 Å². The van der Waals surface area contributed by atoms with Gasteiger partial charge in [0.2, 0.25) is 5.91 Å². The minimum Gasteiger partial charge on any atom is -0.466 e. The van der Waals surface area contributed by atoms with Gasteiger partial charge in [-0.3, -0.25) is 4.79 Å². The molecule has 1 heterocycles. The van der Waals surface area contributed by atoms with Crippen molar-refractivity contribution in [1.29, 1.82) is 0 Å². The maximum atomic E-state index is 11.8. The van der Waals surface area contributed by atoms with Crippen LogP contribution in [0.3, 0.4) is 0 Å². The molecule has 0 spiro atoms. The van der Waals surface area contributed by atoms with Crippen LogP contribution in [0.4, 0.5) is 0 Å². The summed E-state index contributed by atoms with van der Waals surface area (Å²) in [6.45, 7) is 1.93. The molecular weight excluding hydrogens is 240 g/mol. The SMILES string of the molecule is Cc1ccc(CCCC(=O)NC2CCC(N)CC2)o1. The second kappa shape index (κ2) is 6.75. The zero-order valence-corrected chi connectivity index (χ0v) is 11.7. The summed E-state index contributed by atoms with van der Waals surface area (Å²) in [5.74, 6) is 2.05. The zero-order valence-electron chi connectivity index (χ0n) is 11.7. The van der Waals surface area contributed by atoms with Crippen molar-refractivity contribution in [2.75, 3.05) is 0 Å². The van der Waals surface area contributed by atoms with E-state index in [2.05, 4.69) is 5.32 Å². The number of amides is 1. The zero-order chi connectivity index (χ0) is 13.7. The van der Waals surface area contributed by atoms with E-state index >= 15 is 0 Å². The molecule has 1 aromatic heterocycles. The summed E-state index contributed by atoms with van der Waals surface area (Å²) >= 11 is 0. The molecule has 19 heavy (non-hydrogen) atoms. The summed E-state index contributed by atoms with van der Waals surface area (Å²) in [5, 5.41) is 3.11. The van der Waals surface area contributed by atoms with Crippen LogP contribution in [-0.2, 0) is 11.2 Å². The van der Waals surface area contributed by atoms with E-state index in [0.717, 1.165) is 50.0 Å². The molecule has 1 aliphatic carbocycles. The van der Waals surface area contributed by atoms with E-state index in [4.69, 9.17) is 10.2 Å². The number of carbonyl (C=O) groups is 1. The van der Waals surface area contributed by atoms with Crippen molar-refractivity contribution in [1.82, 2.24) is 5.32 Å². The first-order valence-corrected chi connectivity index (χ1v) is 7.24. The molecule has 2 rings (SSSR count). The van der Waals surface area contributed by atoms with Crippen molar-refractivity contribution >= 4 is 5.91 Å². The first-order valence-electron chi connectivity index (χ1n) is 7.24. The van der Waals surface area contributed by atoms with Crippen molar-refractivity contribution in [2.45, 2.75) is 64.0 Å². The Bertz CT molecular complexity index is 406. The number of rotatable bonds is 5. The molecule has 0 radical (unpaired) electrons. The molecule has 1 amide bonds. The van der Waals surface area contributed by atoms with Crippen LogP contribution in [0.1, 0.15) is 50.0 Å². The molecule has 1 fully saturated rings.